The predicted molar refractivity (Wildman–Crippen MR) is 105 cm³/mol. The van der Waals surface area contributed by atoms with E-state index in [0.717, 1.165) is 5.56 Å². The van der Waals surface area contributed by atoms with Crippen LogP contribution in [0.5, 0.6) is 5.75 Å². The van der Waals surface area contributed by atoms with Crippen LogP contribution in [0.3, 0.4) is 0 Å². The fraction of sp³-hybridized carbons (Fsp3) is 0.176. The smallest absolute Gasteiger partial charge is 0.237 e. The number of benzene rings is 1. The van der Waals surface area contributed by atoms with E-state index < -0.39 is 5.25 Å². The minimum absolute atomic E-state index is 0.244. The van der Waals surface area contributed by atoms with Crippen molar-refractivity contribution in [1.29, 1.82) is 0 Å². The average Bonchev–Trinajstić information content (AvgIpc) is 3.03. The number of nitrogens with one attached hydrogen (secondary N) is 1. The largest absolute Gasteiger partial charge is 0.495 e. The zero-order valence-corrected chi connectivity index (χ0v) is 16.2. The van der Waals surface area contributed by atoms with Crippen LogP contribution >= 0.6 is 23.4 Å². The number of hydrogen-bond donors (Lipinski definition) is 2. The summed E-state index contributed by atoms with van der Waals surface area (Å²) in [5.41, 5.74) is 1.23. The zero-order chi connectivity index (χ0) is 19.4. The molecule has 8 nitrogen and oxygen atoms in total. The SMILES string of the molecule is COc1ccc(Cl)cc1NC(=O)[C@@H](C)Sc1nnc(-c2cccnc2)n1N. The molecule has 0 aliphatic rings. The number of nitrogen functional groups attached to an aromatic ring is 1. The molecule has 140 valence electrons. The van der Waals surface area contributed by atoms with Crippen LogP contribution in [0.2, 0.25) is 5.02 Å². The van der Waals surface area contributed by atoms with E-state index in [2.05, 4.69) is 20.5 Å². The van der Waals surface area contributed by atoms with Crippen LogP contribution in [0.15, 0.2) is 47.9 Å². The van der Waals surface area contributed by atoms with Crippen LogP contribution in [0.25, 0.3) is 11.4 Å². The Balaban J connectivity index is 1.72. The molecule has 1 aromatic carbocycles. The van der Waals surface area contributed by atoms with Gasteiger partial charge in [0.2, 0.25) is 11.1 Å². The predicted octanol–water partition coefficient (Wildman–Crippen LogP) is 2.84. The number of anilines is 1. The molecule has 27 heavy (non-hydrogen) atoms. The number of halogens is 1. The molecule has 0 saturated carbocycles. The summed E-state index contributed by atoms with van der Waals surface area (Å²) in [5, 5.41) is 11.4. The van der Waals surface area contributed by atoms with E-state index in [9.17, 15) is 4.79 Å². The molecule has 0 fully saturated rings. The van der Waals surface area contributed by atoms with E-state index in [1.54, 1.807) is 43.6 Å². The van der Waals surface area contributed by atoms with Gasteiger partial charge < -0.3 is 15.9 Å². The number of hydrogen-bond acceptors (Lipinski definition) is 7. The van der Waals surface area contributed by atoms with Gasteiger partial charge in [-0.1, -0.05) is 23.4 Å². The first-order chi connectivity index (χ1) is 13.0. The Hall–Kier alpha value is -2.78. The van der Waals surface area contributed by atoms with Gasteiger partial charge in [-0.3, -0.25) is 9.78 Å². The molecule has 0 saturated heterocycles. The molecule has 0 unspecified atom stereocenters. The number of thioether (sulfide) groups is 1. The minimum Gasteiger partial charge on any atom is -0.495 e. The number of carbonyl (C=O) groups is 1. The number of nitrogens with zero attached hydrogens (tertiary/aromatic N) is 4. The van der Waals surface area contributed by atoms with Crippen LogP contribution in [0.4, 0.5) is 5.69 Å². The summed E-state index contributed by atoms with van der Waals surface area (Å²) < 4.78 is 6.58. The normalized spacial score (nSPS) is 11.8. The van der Waals surface area contributed by atoms with Crippen LogP contribution < -0.4 is 15.9 Å². The topological polar surface area (TPSA) is 108 Å². The van der Waals surface area contributed by atoms with Gasteiger partial charge in [-0.05, 0) is 37.3 Å². The number of pyridine rings is 1. The highest BCUT2D eigenvalue weighted by atomic mass is 35.5. The number of aromatic nitrogens is 4. The fourth-order valence-corrected chi connectivity index (χ4v) is 3.22. The van der Waals surface area contributed by atoms with Crippen LogP contribution in [-0.2, 0) is 4.79 Å². The van der Waals surface area contributed by atoms with Gasteiger partial charge in [0.05, 0.1) is 18.0 Å². The van der Waals surface area contributed by atoms with Gasteiger partial charge >= 0.3 is 0 Å². The molecule has 1 amide bonds. The van der Waals surface area contributed by atoms with Gasteiger partial charge in [0, 0.05) is 23.0 Å². The molecule has 0 radical (unpaired) electrons. The van der Waals surface area contributed by atoms with E-state index in [1.165, 1.54) is 23.5 Å². The second kappa shape index (κ2) is 8.28. The van der Waals surface area contributed by atoms with E-state index in [4.69, 9.17) is 22.2 Å². The van der Waals surface area contributed by atoms with Crippen molar-refractivity contribution in [3.63, 3.8) is 0 Å². The average molecular weight is 405 g/mol. The minimum atomic E-state index is -0.484. The van der Waals surface area contributed by atoms with Gasteiger partial charge in [-0.15, -0.1) is 10.2 Å². The number of rotatable bonds is 6. The molecule has 0 spiro atoms. The first-order valence-electron chi connectivity index (χ1n) is 7.91. The highest BCUT2D eigenvalue weighted by Crippen LogP contribution is 2.29. The Morgan fingerprint density at radius 3 is 2.89 bits per heavy atom. The molecule has 1 atom stereocenters. The Labute approximate surface area is 165 Å². The number of ether oxygens (including phenoxy) is 1. The summed E-state index contributed by atoms with van der Waals surface area (Å²) in [6.45, 7) is 1.75. The number of amides is 1. The summed E-state index contributed by atoms with van der Waals surface area (Å²) in [6.07, 6.45) is 3.30. The molecule has 0 bridgehead atoms. The van der Waals surface area contributed by atoms with Crippen molar-refractivity contribution in [2.45, 2.75) is 17.3 Å². The van der Waals surface area contributed by atoms with Crippen molar-refractivity contribution in [3.8, 4) is 17.1 Å². The molecule has 2 heterocycles. The highest BCUT2D eigenvalue weighted by molar-refractivity contribution is 8.00. The van der Waals surface area contributed by atoms with E-state index in [1.807, 2.05) is 6.07 Å². The Morgan fingerprint density at radius 2 is 2.19 bits per heavy atom. The molecular formula is C17H17ClN6O2S. The van der Waals surface area contributed by atoms with Crippen molar-refractivity contribution >= 4 is 35.0 Å². The van der Waals surface area contributed by atoms with E-state index in [-0.39, 0.29) is 5.91 Å². The maximum Gasteiger partial charge on any atom is 0.237 e. The Kier molecular flexibility index (Phi) is 5.82. The molecule has 3 aromatic rings. The first kappa shape index (κ1) is 19.0. The van der Waals surface area contributed by atoms with Crippen molar-refractivity contribution in [3.05, 3.63) is 47.7 Å². The zero-order valence-electron chi connectivity index (χ0n) is 14.6. The lowest BCUT2D eigenvalue weighted by Crippen LogP contribution is -2.24. The quantitative estimate of drug-likeness (QED) is 0.480. The molecular weight excluding hydrogens is 388 g/mol. The second-order valence-corrected chi connectivity index (χ2v) is 7.26. The van der Waals surface area contributed by atoms with Crippen molar-refractivity contribution < 1.29 is 9.53 Å². The van der Waals surface area contributed by atoms with Gasteiger partial charge in [-0.25, -0.2) is 4.68 Å². The summed E-state index contributed by atoms with van der Waals surface area (Å²) in [7, 11) is 1.52. The lowest BCUT2D eigenvalue weighted by molar-refractivity contribution is -0.115. The van der Waals surface area contributed by atoms with Gasteiger partial charge in [0.25, 0.3) is 0 Å². The molecule has 10 heteroatoms. The summed E-state index contributed by atoms with van der Waals surface area (Å²) >= 11 is 7.18. The summed E-state index contributed by atoms with van der Waals surface area (Å²) in [6, 6.07) is 8.61. The standard InChI is InChI=1S/C17H17ClN6O2S/c1-10(16(25)21-13-8-12(18)5-6-14(13)26-2)27-17-23-22-15(24(17)19)11-4-3-7-20-9-11/h3-10H,19H2,1-2H3,(H,21,25)/t10-/m1/s1. The highest BCUT2D eigenvalue weighted by Gasteiger charge is 2.21. The third-order valence-corrected chi connectivity index (χ3v) is 4.95. The second-order valence-electron chi connectivity index (χ2n) is 5.51. The first-order valence-corrected chi connectivity index (χ1v) is 9.17. The molecule has 0 aliphatic carbocycles. The maximum absolute atomic E-state index is 12.5. The van der Waals surface area contributed by atoms with Crippen molar-refractivity contribution in [1.82, 2.24) is 19.9 Å². The monoisotopic (exact) mass is 404 g/mol. The van der Waals surface area contributed by atoms with Crippen LogP contribution in [0, 0.1) is 0 Å². The van der Waals surface area contributed by atoms with Crippen molar-refractivity contribution in [2.24, 2.45) is 0 Å². The molecule has 3 N–H and O–H groups in total. The lowest BCUT2D eigenvalue weighted by Gasteiger charge is -2.14. The molecule has 3 rings (SSSR count). The van der Waals surface area contributed by atoms with Crippen LogP contribution in [0.1, 0.15) is 6.92 Å². The third kappa shape index (κ3) is 4.32. The van der Waals surface area contributed by atoms with Crippen LogP contribution in [-0.4, -0.2) is 38.1 Å². The summed E-state index contributed by atoms with van der Waals surface area (Å²) in [4.78, 5) is 16.6. The van der Waals surface area contributed by atoms with E-state index in [0.29, 0.717) is 27.4 Å². The summed E-state index contributed by atoms with van der Waals surface area (Å²) in [5.74, 6) is 6.82. The third-order valence-electron chi connectivity index (χ3n) is 3.66. The number of nitrogens with two attached hydrogens (primary N) is 1. The Morgan fingerprint density at radius 1 is 1.37 bits per heavy atom. The fourth-order valence-electron chi connectivity index (χ4n) is 2.27. The van der Waals surface area contributed by atoms with Crippen molar-refractivity contribution in [2.75, 3.05) is 18.3 Å². The molecule has 0 aliphatic heterocycles. The van der Waals surface area contributed by atoms with Gasteiger partial charge in [0.15, 0.2) is 5.82 Å². The maximum atomic E-state index is 12.5. The molecule has 2 aromatic heterocycles. The van der Waals surface area contributed by atoms with Gasteiger partial charge in [-0.2, -0.15) is 0 Å². The number of methoxy groups -OCH3 is 1. The number of carbonyl (C=O) groups excluding carboxylic acids is 1. The Bertz CT molecular complexity index is 950. The lowest BCUT2D eigenvalue weighted by atomic mass is 10.3. The van der Waals surface area contributed by atoms with Gasteiger partial charge in [0.1, 0.15) is 5.75 Å². The van der Waals surface area contributed by atoms with E-state index >= 15 is 0 Å².